The highest BCUT2D eigenvalue weighted by Gasteiger charge is 2.37. The summed E-state index contributed by atoms with van der Waals surface area (Å²) in [6, 6.07) is 3.99. The molecule has 2 aromatic rings. The number of aromatic nitrogens is 1. The number of carbonyl (C=O) groups excluding carboxylic acids is 2. The molecule has 0 bridgehead atoms. The largest absolute Gasteiger partial charge is 0.460 e. The van der Waals surface area contributed by atoms with Crippen molar-refractivity contribution in [2.75, 3.05) is 13.2 Å². The van der Waals surface area contributed by atoms with E-state index in [1.807, 2.05) is 61.5 Å². The molecule has 1 aliphatic heterocycles. The molecule has 2 aliphatic rings. The lowest BCUT2D eigenvalue weighted by Gasteiger charge is -2.26. The highest BCUT2D eigenvalue weighted by atomic mass is 16.6. The Kier molecular flexibility index (Phi) is 7.75. The van der Waals surface area contributed by atoms with Crippen molar-refractivity contribution in [2.45, 2.75) is 80.3 Å². The fourth-order valence-electron chi connectivity index (χ4n) is 5.04. The van der Waals surface area contributed by atoms with E-state index < -0.39 is 5.60 Å². The summed E-state index contributed by atoms with van der Waals surface area (Å²) in [7, 11) is 0. The molecule has 1 aromatic carbocycles. The Balaban J connectivity index is 1.79. The van der Waals surface area contributed by atoms with E-state index in [0.717, 1.165) is 40.9 Å². The zero-order chi connectivity index (χ0) is 27.1. The second kappa shape index (κ2) is 10.5. The van der Waals surface area contributed by atoms with E-state index in [0.29, 0.717) is 42.6 Å². The third-order valence-electron chi connectivity index (χ3n) is 7.42. The Labute approximate surface area is 220 Å². The molecule has 0 spiro atoms. The second-order valence-corrected chi connectivity index (χ2v) is 11.7. The molecule has 0 radical (unpaired) electrons. The number of ketones is 1. The van der Waals surface area contributed by atoms with Gasteiger partial charge in [0.25, 0.3) is 0 Å². The van der Waals surface area contributed by atoms with Gasteiger partial charge in [0.05, 0.1) is 23.9 Å². The molecule has 37 heavy (non-hydrogen) atoms. The first-order valence-electron chi connectivity index (χ1n) is 13.4. The van der Waals surface area contributed by atoms with Gasteiger partial charge in [-0.1, -0.05) is 19.0 Å². The van der Waals surface area contributed by atoms with Crippen LogP contribution in [-0.2, 0) is 14.3 Å². The highest BCUT2D eigenvalue weighted by Crippen LogP contribution is 2.41. The first-order chi connectivity index (χ1) is 17.4. The molecule has 1 aliphatic carbocycles. The van der Waals surface area contributed by atoms with Crippen LogP contribution in [0.3, 0.4) is 0 Å². The van der Waals surface area contributed by atoms with Crippen molar-refractivity contribution in [3.8, 4) is 11.1 Å². The maximum absolute atomic E-state index is 13.8. The topological polar surface area (TPSA) is 91.0 Å². The molecule has 1 saturated carbocycles. The molecule has 4 rings (SSSR count). The summed E-state index contributed by atoms with van der Waals surface area (Å²) in [5.74, 6) is 0.225. The van der Waals surface area contributed by atoms with Crippen molar-refractivity contribution in [1.82, 2.24) is 5.16 Å². The van der Waals surface area contributed by atoms with Gasteiger partial charge >= 0.3 is 5.97 Å². The van der Waals surface area contributed by atoms with Crippen molar-refractivity contribution >= 4 is 23.2 Å². The maximum atomic E-state index is 13.8. The van der Waals surface area contributed by atoms with Gasteiger partial charge in [-0.25, -0.2) is 0 Å². The van der Waals surface area contributed by atoms with E-state index in [-0.39, 0.29) is 29.5 Å². The third-order valence-corrected chi connectivity index (χ3v) is 7.42. The Bertz CT molecular complexity index is 1190. The lowest BCUT2D eigenvalue weighted by Crippen LogP contribution is -2.33. The highest BCUT2D eigenvalue weighted by molar-refractivity contribution is 6.06. The molecule has 7 nitrogen and oxygen atoms in total. The molecule has 7 heteroatoms. The quantitative estimate of drug-likeness (QED) is 0.227. The molecule has 3 unspecified atom stereocenters. The number of Topliss-reactive ketones (excluding diaryl/α,β-unsaturated/α-hetero) is 1. The zero-order valence-electron chi connectivity index (χ0n) is 23.4. The Morgan fingerprint density at radius 2 is 1.76 bits per heavy atom. The molecule has 2 heterocycles. The minimum Gasteiger partial charge on any atom is -0.460 e. The summed E-state index contributed by atoms with van der Waals surface area (Å²) >= 11 is 0. The molecule has 1 saturated heterocycles. The summed E-state index contributed by atoms with van der Waals surface area (Å²) < 4.78 is 16.6. The van der Waals surface area contributed by atoms with E-state index >= 15 is 0 Å². The van der Waals surface area contributed by atoms with E-state index in [1.54, 1.807) is 0 Å². The molecule has 1 aromatic heterocycles. The predicted molar refractivity (Wildman–Crippen MR) is 143 cm³/mol. The van der Waals surface area contributed by atoms with E-state index in [1.165, 1.54) is 0 Å². The number of carbonyl (C=O) groups is 2. The molecule has 200 valence electrons. The second-order valence-electron chi connectivity index (χ2n) is 11.7. The number of rotatable bonds is 8. The molecular formula is C30H40N2O5. The number of hydrogen-bond acceptors (Lipinski definition) is 7. The standard InChI is InChI=1S/C30H40N2O5/c1-16-13-23(25-19(4)32-37-20(25)5)14-24(28(33)22-11-12-35-15-22)26(16)31-27(21-9-10-21)17(2)18(3)29(34)36-30(6,7)8/h13-14,17-18,21-22H,9-12,15H2,1-8H3. The van der Waals surface area contributed by atoms with Gasteiger partial charge in [0.2, 0.25) is 0 Å². The molecule has 2 fully saturated rings. The lowest BCUT2D eigenvalue weighted by atomic mass is 9.87. The number of hydrogen-bond donors (Lipinski definition) is 0. The van der Waals surface area contributed by atoms with Crippen LogP contribution < -0.4 is 0 Å². The number of aliphatic imine (C=N–C) groups is 1. The first kappa shape index (κ1) is 27.2. The fourth-order valence-corrected chi connectivity index (χ4v) is 5.04. The van der Waals surface area contributed by atoms with Crippen molar-refractivity contribution in [3.63, 3.8) is 0 Å². The lowest BCUT2D eigenvalue weighted by molar-refractivity contribution is -0.160. The Morgan fingerprint density at radius 1 is 1.05 bits per heavy atom. The van der Waals surface area contributed by atoms with Crippen LogP contribution in [0.25, 0.3) is 11.1 Å². The van der Waals surface area contributed by atoms with Crippen molar-refractivity contribution in [1.29, 1.82) is 0 Å². The summed E-state index contributed by atoms with van der Waals surface area (Å²) in [5.41, 5.74) is 5.23. The van der Waals surface area contributed by atoms with E-state index in [9.17, 15) is 9.59 Å². The van der Waals surface area contributed by atoms with Gasteiger partial charge in [-0.15, -0.1) is 0 Å². The van der Waals surface area contributed by atoms with Crippen LogP contribution in [0, 0.1) is 44.4 Å². The van der Waals surface area contributed by atoms with Crippen LogP contribution in [0.5, 0.6) is 0 Å². The SMILES string of the molecule is Cc1cc(-c2c(C)noc2C)cc(C(=O)C2CCOC2)c1N=C(C1CC1)C(C)C(C)C(=O)OC(C)(C)C. The van der Waals surface area contributed by atoms with Gasteiger partial charge in [-0.3, -0.25) is 14.6 Å². The van der Waals surface area contributed by atoms with Gasteiger partial charge < -0.3 is 14.0 Å². The molecular weight excluding hydrogens is 468 g/mol. The van der Waals surface area contributed by atoms with Crippen LogP contribution in [0.2, 0.25) is 0 Å². The zero-order valence-corrected chi connectivity index (χ0v) is 23.4. The summed E-state index contributed by atoms with van der Waals surface area (Å²) in [5, 5.41) is 4.11. The number of esters is 1. The number of benzene rings is 1. The third kappa shape index (κ3) is 6.03. The van der Waals surface area contributed by atoms with Gasteiger partial charge in [0.1, 0.15) is 11.4 Å². The van der Waals surface area contributed by atoms with Crippen molar-refractivity contribution in [3.05, 3.63) is 34.7 Å². The van der Waals surface area contributed by atoms with Crippen LogP contribution in [0.4, 0.5) is 5.69 Å². The monoisotopic (exact) mass is 508 g/mol. The molecule has 3 atom stereocenters. The normalized spacial score (nSPS) is 20.1. The van der Waals surface area contributed by atoms with Gasteiger partial charge in [-0.05, 0) is 90.0 Å². The average molecular weight is 509 g/mol. The van der Waals surface area contributed by atoms with E-state index in [4.69, 9.17) is 19.0 Å². The van der Waals surface area contributed by atoms with Crippen molar-refractivity contribution in [2.24, 2.45) is 28.7 Å². The average Bonchev–Trinajstić information content (AvgIpc) is 3.39. The summed E-state index contributed by atoms with van der Waals surface area (Å²) in [4.78, 5) is 31.9. The van der Waals surface area contributed by atoms with Crippen LogP contribution in [0.15, 0.2) is 21.6 Å². The fraction of sp³-hybridized carbons (Fsp3) is 0.600. The van der Waals surface area contributed by atoms with Crippen molar-refractivity contribution < 1.29 is 23.6 Å². The van der Waals surface area contributed by atoms with Crippen LogP contribution >= 0.6 is 0 Å². The number of aryl methyl sites for hydroxylation is 3. The molecule has 0 amide bonds. The van der Waals surface area contributed by atoms with E-state index in [2.05, 4.69) is 11.2 Å². The van der Waals surface area contributed by atoms with Crippen LogP contribution in [-0.4, -0.2) is 41.4 Å². The molecule has 0 N–H and O–H groups in total. The van der Waals surface area contributed by atoms with Gasteiger partial charge in [0.15, 0.2) is 5.78 Å². The minimum atomic E-state index is -0.546. The first-order valence-corrected chi connectivity index (χ1v) is 13.4. The minimum absolute atomic E-state index is 0.0518. The van der Waals surface area contributed by atoms with Crippen LogP contribution in [0.1, 0.15) is 81.3 Å². The number of ether oxygens (including phenoxy) is 2. The predicted octanol–water partition coefficient (Wildman–Crippen LogP) is 6.58. The smallest absolute Gasteiger partial charge is 0.309 e. The van der Waals surface area contributed by atoms with Gasteiger partial charge in [-0.2, -0.15) is 0 Å². The Hall–Kier alpha value is -2.80. The van der Waals surface area contributed by atoms with Gasteiger partial charge in [0, 0.05) is 35.3 Å². The summed E-state index contributed by atoms with van der Waals surface area (Å²) in [6.07, 6.45) is 2.79. The maximum Gasteiger partial charge on any atom is 0.309 e. The Morgan fingerprint density at radius 3 is 2.30 bits per heavy atom. The summed E-state index contributed by atoms with van der Waals surface area (Å²) in [6.45, 7) is 16.4. The number of nitrogens with zero attached hydrogens (tertiary/aromatic N) is 2.